The number of thioether (sulfide) groups is 1. The number of hydrogen-bond acceptors (Lipinski definition) is 5. The Bertz CT molecular complexity index is 852. The quantitative estimate of drug-likeness (QED) is 0.809. The minimum absolute atomic E-state index is 0.165. The summed E-state index contributed by atoms with van der Waals surface area (Å²) in [5, 5.41) is 7.20. The molecule has 2 aromatic carbocycles. The van der Waals surface area contributed by atoms with Crippen LogP contribution in [0.25, 0.3) is 0 Å². The molecular weight excluding hydrogens is 362 g/mol. The lowest BCUT2D eigenvalue weighted by Gasteiger charge is -2.28. The summed E-state index contributed by atoms with van der Waals surface area (Å²) in [5.41, 5.74) is 1.87. The Morgan fingerprint density at radius 3 is 2.50 bits per heavy atom. The standard InChI is InChI=1S/C17H12ClN3OS2/c18-12-8-6-10(7-9-12)13-14(23)16(22)21-17(19-13)24-15(20-21)11-4-2-1-3-5-11/h1-9,13-14,23H/t13-,14+/m1/s1. The predicted molar refractivity (Wildman–Crippen MR) is 102 cm³/mol. The molecule has 0 saturated carbocycles. The number of carbonyl (C=O) groups excluding carboxylic acids is 1. The van der Waals surface area contributed by atoms with Crippen LogP contribution < -0.4 is 0 Å². The van der Waals surface area contributed by atoms with Gasteiger partial charge in [0.1, 0.15) is 10.3 Å². The highest BCUT2D eigenvalue weighted by Crippen LogP contribution is 2.37. The van der Waals surface area contributed by atoms with E-state index in [4.69, 9.17) is 16.6 Å². The van der Waals surface area contributed by atoms with Crippen molar-refractivity contribution in [1.82, 2.24) is 5.01 Å². The summed E-state index contributed by atoms with van der Waals surface area (Å²) in [5.74, 6) is -0.165. The molecule has 7 heteroatoms. The molecule has 0 N–H and O–H groups in total. The van der Waals surface area contributed by atoms with Gasteiger partial charge in [-0.15, -0.1) is 0 Å². The van der Waals surface area contributed by atoms with Crippen molar-refractivity contribution in [2.75, 3.05) is 0 Å². The van der Waals surface area contributed by atoms with Crippen LogP contribution >= 0.6 is 36.0 Å². The maximum Gasteiger partial charge on any atom is 0.264 e. The Hall–Kier alpha value is -1.76. The lowest BCUT2D eigenvalue weighted by atomic mass is 10.0. The predicted octanol–water partition coefficient (Wildman–Crippen LogP) is 3.99. The molecule has 120 valence electrons. The number of amidine groups is 1. The van der Waals surface area contributed by atoms with Crippen molar-refractivity contribution < 1.29 is 4.79 Å². The van der Waals surface area contributed by atoms with Crippen LogP contribution in [0.2, 0.25) is 5.02 Å². The minimum Gasteiger partial charge on any atom is -0.271 e. The third-order valence-electron chi connectivity index (χ3n) is 3.80. The van der Waals surface area contributed by atoms with Crippen molar-refractivity contribution in [3.05, 3.63) is 70.7 Å². The summed E-state index contributed by atoms with van der Waals surface area (Å²) in [6.07, 6.45) is 0. The molecule has 0 spiro atoms. The molecule has 0 aliphatic carbocycles. The first-order valence-electron chi connectivity index (χ1n) is 7.30. The van der Waals surface area contributed by atoms with Crippen LogP contribution in [0.3, 0.4) is 0 Å². The maximum absolute atomic E-state index is 12.7. The molecule has 0 bridgehead atoms. The van der Waals surface area contributed by atoms with Gasteiger partial charge in [0, 0.05) is 10.6 Å². The van der Waals surface area contributed by atoms with E-state index in [-0.39, 0.29) is 11.9 Å². The van der Waals surface area contributed by atoms with E-state index in [1.807, 2.05) is 42.5 Å². The van der Waals surface area contributed by atoms with Crippen molar-refractivity contribution >= 4 is 52.1 Å². The second-order valence-electron chi connectivity index (χ2n) is 5.38. The molecule has 0 aromatic heterocycles. The molecule has 2 atom stereocenters. The lowest BCUT2D eigenvalue weighted by Crippen LogP contribution is -2.41. The van der Waals surface area contributed by atoms with E-state index in [0.717, 1.165) is 16.2 Å². The average Bonchev–Trinajstić information content (AvgIpc) is 3.04. The van der Waals surface area contributed by atoms with Gasteiger partial charge in [-0.2, -0.15) is 22.7 Å². The van der Waals surface area contributed by atoms with Crippen LogP contribution in [0.4, 0.5) is 0 Å². The molecule has 4 nitrogen and oxygen atoms in total. The summed E-state index contributed by atoms with van der Waals surface area (Å²) in [6, 6.07) is 16.7. The van der Waals surface area contributed by atoms with Gasteiger partial charge in [-0.05, 0) is 29.5 Å². The number of thiol groups is 1. The summed E-state index contributed by atoms with van der Waals surface area (Å²) in [6.45, 7) is 0. The van der Waals surface area contributed by atoms with Crippen LogP contribution in [-0.2, 0) is 4.79 Å². The molecule has 1 amide bonds. The van der Waals surface area contributed by atoms with Crippen molar-refractivity contribution in [3.8, 4) is 0 Å². The normalized spacial score (nSPS) is 22.9. The van der Waals surface area contributed by atoms with Gasteiger partial charge in [-0.3, -0.25) is 9.79 Å². The van der Waals surface area contributed by atoms with Gasteiger partial charge in [0.15, 0.2) is 5.17 Å². The minimum atomic E-state index is -0.575. The number of rotatable bonds is 2. The monoisotopic (exact) mass is 373 g/mol. The van der Waals surface area contributed by atoms with Gasteiger partial charge in [0.25, 0.3) is 5.91 Å². The fourth-order valence-electron chi connectivity index (χ4n) is 2.57. The van der Waals surface area contributed by atoms with Crippen molar-refractivity contribution in [2.45, 2.75) is 11.3 Å². The summed E-state index contributed by atoms with van der Waals surface area (Å²) < 4.78 is 0. The van der Waals surface area contributed by atoms with Gasteiger partial charge >= 0.3 is 0 Å². The van der Waals surface area contributed by atoms with Crippen molar-refractivity contribution in [2.24, 2.45) is 10.1 Å². The molecule has 0 saturated heterocycles. The average molecular weight is 374 g/mol. The van der Waals surface area contributed by atoms with Crippen LogP contribution in [0.1, 0.15) is 17.2 Å². The number of aliphatic imine (C=N–C) groups is 1. The first-order valence-corrected chi connectivity index (χ1v) is 9.02. The molecule has 24 heavy (non-hydrogen) atoms. The fourth-order valence-corrected chi connectivity index (χ4v) is 3.98. The van der Waals surface area contributed by atoms with E-state index in [2.05, 4.69) is 17.7 Å². The zero-order valence-corrected chi connectivity index (χ0v) is 14.8. The highest BCUT2D eigenvalue weighted by atomic mass is 35.5. The Labute approximate surface area is 154 Å². The number of hydrazone groups is 1. The van der Waals surface area contributed by atoms with E-state index in [1.165, 1.54) is 16.8 Å². The fraction of sp³-hybridized carbons (Fsp3) is 0.118. The SMILES string of the molecule is O=C1[C@@H](S)[C@@H](c2ccc(Cl)cc2)N=C2SC(c3ccccc3)=NN12. The van der Waals surface area contributed by atoms with E-state index in [9.17, 15) is 4.79 Å². The number of halogens is 1. The summed E-state index contributed by atoms with van der Waals surface area (Å²) in [7, 11) is 0. The van der Waals surface area contributed by atoms with Crippen molar-refractivity contribution in [3.63, 3.8) is 0 Å². The topological polar surface area (TPSA) is 45.0 Å². The molecule has 4 rings (SSSR count). The highest BCUT2D eigenvalue weighted by Gasteiger charge is 2.41. The second kappa shape index (κ2) is 6.27. The van der Waals surface area contributed by atoms with E-state index in [1.54, 1.807) is 12.1 Å². The number of nitrogens with zero attached hydrogens (tertiary/aromatic N) is 3. The smallest absolute Gasteiger partial charge is 0.264 e. The first kappa shape index (κ1) is 15.7. The molecule has 2 aromatic rings. The molecule has 2 aliphatic heterocycles. The largest absolute Gasteiger partial charge is 0.271 e. The van der Waals surface area contributed by atoms with Gasteiger partial charge in [0.05, 0.1) is 6.04 Å². The Morgan fingerprint density at radius 2 is 1.79 bits per heavy atom. The zero-order valence-electron chi connectivity index (χ0n) is 12.3. The van der Waals surface area contributed by atoms with E-state index < -0.39 is 5.25 Å². The summed E-state index contributed by atoms with van der Waals surface area (Å²) in [4.78, 5) is 17.4. The van der Waals surface area contributed by atoms with Gasteiger partial charge in [0.2, 0.25) is 0 Å². The number of benzene rings is 2. The second-order valence-corrected chi connectivity index (χ2v) is 7.32. The molecule has 2 heterocycles. The third-order valence-corrected chi connectivity index (χ3v) is 5.53. The van der Waals surface area contributed by atoms with Gasteiger partial charge in [-0.25, -0.2) is 0 Å². The van der Waals surface area contributed by atoms with Crippen molar-refractivity contribution in [1.29, 1.82) is 0 Å². The maximum atomic E-state index is 12.7. The highest BCUT2D eigenvalue weighted by molar-refractivity contribution is 8.27. The van der Waals surface area contributed by atoms with Crippen LogP contribution in [0.15, 0.2) is 64.7 Å². The number of fused-ring (bicyclic) bond motifs is 1. The van der Waals surface area contributed by atoms with E-state index >= 15 is 0 Å². The van der Waals surface area contributed by atoms with Crippen LogP contribution in [0.5, 0.6) is 0 Å². The van der Waals surface area contributed by atoms with Gasteiger partial charge < -0.3 is 0 Å². The Kier molecular flexibility index (Phi) is 4.12. The summed E-state index contributed by atoms with van der Waals surface area (Å²) >= 11 is 11.8. The molecule has 2 aliphatic rings. The van der Waals surface area contributed by atoms with E-state index in [0.29, 0.717) is 10.2 Å². The molecule has 0 fully saturated rings. The Balaban J connectivity index is 1.69. The molecule has 0 radical (unpaired) electrons. The molecule has 0 unspecified atom stereocenters. The lowest BCUT2D eigenvalue weighted by molar-refractivity contribution is -0.127. The van der Waals surface area contributed by atoms with Gasteiger partial charge in [-0.1, -0.05) is 54.1 Å². The number of hydrogen-bond donors (Lipinski definition) is 1. The number of carbonyl (C=O) groups is 1. The first-order chi connectivity index (χ1) is 11.6. The number of amides is 1. The van der Waals surface area contributed by atoms with Crippen LogP contribution in [-0.4, -0.2) is 26.4 Å². The Morgan fingerprint density at radius 1 is 1.08 bits per heavy atom. The third kappa shape index (κ3) is 2.75. The van der Waals surface area contributed by atoms with Crippen LogP contribution in [0, 0.1) is 0 Å². The zero-order chi connectivity index (χ0) is 16.7. The molecular formula is C17H12ClN3OS2.